The van der Waals surface area contributed by atoms with E-state index in [-0.39, 0.29) is 18.6 Å². The number of aliphatic hydroxyl groups excluding tert-OH is 1. The first-order chi connectivity index (χ1) is 16.5. The molecule has 1 fully saturated rings. The number of anilines is 1. The van der Waals surface area contributed by atoms with Crippen LogP contribution in [-0.2, 0) is 20.2 Å². The van der Waals surface area contributed by atoms with Crippen LogP contribution in [0.3, 0.4) is 0 Å². The normalized spacial score (nSPS) is 19.1. The molecule has 0 aromatic carbocycles. The molecule has 1 saturated carbocycles. The Kier molecular flexibility index (Phi) is 7.62. The third-order valence-corrected chi connectivity index (χ3v) is 6.92. The Bertz CT molecular complexity index is 1080. The van der Waals surface area contributed by atoms with E-state index in [9.17, 15) is 9.90 Å². The van der Waals surface area contributed by atoms with Gasteiger partial charge in [-0.15, -0.1) is 0 Å². The molecule has 1 unspecified atom stereocenters. The van der Waals surface area contributed by atoms with Gasteiger partial charge in [-0.2, -0.15) is 10.2 Å². The van der Waals surface area contributed by atoms with Crippen LogP contribution >= 0.6 is 0 Å². The first-order valence-electron chi connectivity index (χ1n) is 12.1. The van der Waals surface area contributed by atoms with Gasteiger partial charge in [-0.25, -0.2) is 4.98 Å². The first-order valence-corrected chi connectivity index (χ1v) is 12.1. The summed E-state index contributed by atoms with van der Waals surface area (Å²) in [4.78, 5) is 17.6. The molecule has 3 aromatic heterocycles. The Morgan fingerprint density at radius 2 is 1.97 bits per heavy atom. The number of aryl methyl sites for hydroxylation is 2. The first kappa shape index (κ1) is 23.9. The number of aliphatic hydroxyl groups is 1. The summed E-state index contributed by atoms with van der Waals surface area (Å²) < 4.78 is 3.47. The van der Waals surface area contributed by atoms with Crippen molar-refractivity contribution in [3.8, 4) is 11.3 Å². The highest BCUT2D eigenvalue weighted by Gasteiger charge is 2.28. The molecule has 1 atom stereocenters. The van der Waals surface area contributed by atoms with E-state index in [1.54, 1.807) is 34.0 Å². The number of nitrogens with one attached hydrogen (secondary N) is 2. The summed E-state index contributed by atoms with van der Waals surface area (Å²) in [5.74, 6) is 1.83. The summed E-state index contributed by atoms with van der Waals surface area (Å²) in [5.41, 5.74) is 3.12. The molecular formula is C25H35N7O2. The minimum atomic E-state index is -0.0826. The van der Waals surface area contributed by atoms with Crippen molar-refractivity contribution in [1.82, 2.24) is 29.9 Å². The zero-order chi connectivity index (χ0) is 24.1. The molecule has 3 N–H and O–H groups in total. The third kappa shape index (κ3) is 5.30. The maximum atomic E-state index is 13.0. The fourth-order valence-electron chi connectivity index (χ4n) is 4.87. The largest absolute Gasteiger partial charge is 0.392 e. The quantitative estimate of drug-likeness (QED) is 0.448. The molecule has 9 nitrogen and oxygen atoms in total. The molecule has 9 heteroatoms. The van der Waals surface area contributed by atoms with Crippen molar-refractivity contribution in [3.63, 3.8) is 0 Å². The number of nitrogens with zero attached hydrogens (tertiary/aromatic N) is 5. The lowest BCUT2D eigenvalue weighted by atomic mass is 9.79. The molecule has 1 aliphatic rings. The van der Waals surface area contributed by atoms with E-state index in [1.165, 1.54) is 12.8 Å². The maximum Gasteiger partial charge on any atom is 0.269 e. The van der Waals surface area contributed by atoms with Gasteiger partial charge in [-0.05, 0) is 49.8 Å². The summed E-state index contributed by atoms with van der Waals surface area (Å²) in [6.45, 7) is 5.48. The van der Waals surface area contributed by atoms with E-state index >= 15 is 0 Å². The van der Waals surface area contributed by atoms with Crippen molar-refractivity contribution >= 4 is 11.7 Å². The van der Waals surface area contributed by atoms with E-state index in [4.69, 9.17) is 0 Å². The number of pyridine rings is 1. The molecule has 0 spiro atoms. The number of rotatable bonds is 9. The second-order valence-corrected chi connectivity index (χ2v) is 9.25. The summed E-state index contributed by atoms with van der Waals surface area (Å²) >= 11 is 0. The van der Waals surface area contributed by atoms with E-state index in [0.717, 1.165) is 41.4 Å². The highest BCUT2D eigenvalue weighted by Crippen LogP contribution is 2.31. The third-order valence-electron chi connectivity index (χ3n) is 6.92. The minimum Gasteiger partial charge on any atom is -0.392 e. The molecule has 0 aliphatic heterocycles. The second kappa shape index (κ2) is 10.8. The number of aromatic nitrogens is 5. The summed E-state index contributed by atoms with van der Waals surface area (Å²) in [7, 11) is 1.85. The fraction of sp³-hybridized carbons (Fsp3) is 0.520. The van der Waals surface area contributed by atoms with Crippen molar-refractivity contribution < 1.29 is 9.90 Å². The summed E-state index contributed by atoms with van der Waals surface area (Å²) in [6.07, 6.45) is 9.72. The van der Waals surface area contributed by atoms with Crippen LogP contribution < -0.4 is 10.6 Å². The van der Waals surface area contributed by atoms with E-state index in [1.807, 2.05) is 26.1 Å². The van der Waals surface area contributed by atoms with Gasteiger partial charge in [0.1, 0.15) is 11.5 Å². The van der Waals surface area contributed by atoms with Crippen molar-refractivity contribution in [2.24, 2.45) is 18.9 Å². The van der Waals surface area contributed by atoms with Crippen LogP contribution in [0.4, 0.5) is 5.82 Å². The molecule has 4 rings (SSSR count). The van der Waals surface area contributed by atoms with Crippen LogP contribution in [0.1, 0.15) is 55.6 Å². The molecule has 0 saturated heterocycles. The van der Waals surface area contributed by atoms with Gasteiger partial charge in [0.25, 0.3) is 5.91 Å². The Morgan fingerprint density at radius 3 is 2.65 bits per heavy atom. The van der Waals surface area contributed by atoms with Crippen molar-refractivity contribution in [1.29, 1.82) is 0 Å². The standard InChI is InChI=1S/C25H35N7O2/c1-4-32-22(11-12-28-32)25(34)30-21(18-7-5-17(2)6-8-18)15-27-23-10-9-19(13-26-23)24-20(16-33)14-29-31(24)3/h9-14,17-18,21,33H,4-8,15-16H2,1-3H3,(H,26,27)(H,30,34). The highest BCUT2D eigenvalue weighted by atomic mass is 16.3. The molecule has 1 amide bonds. The zero-order valence-electron chi connectivity index (χ0n) is 20.2. The van der Waals surface area contributed by atoms with E-state index in [0.29, 0.717) is 24.7 Å². The predicted octanol–water partition coefficient (Wildman–Crippen LogP) is 3.23. The highest BCUT2D eigenvalue weighted by molar-refractivity contribution is 5.92. The molecular weight excluding hydrogens is 430 g/mol. The fourth-order valence-corrected chi connectivity index (χ4v) is 4.87. The van der Waals surface area contributed by atoms with Crippen LogP contribution in [0, 0.1) is 11.8 Å². The monoisotopic (exact) mass is 465 g/mol. The second-order valence-electron chi connectivity index (χ2n) is 9.25. The Hall–Kier alpha value is -3.20. The van der Waals surface area contributed by atoms with Gasteiger partial charge in [0.05, 0.1) is 18.5 Å². The topological polar surface area (TPSA) is 110 Å². The van der Waals surface area contributed by atoms with Crippen LogP contribution in [-0.4, -0.2) is 48.1 Å². The average molecular weight is 466 g/mol. The van der Waals surface area contributed by atoms with Gasteiger partial charge >= 0.3 is 0 Å². The Morgan fingerprint density at radius 1 is 1.18 bits per heavy atom. The summed E-state index contributed by atoms with van der Waals surface area (Å²) in [6, 6.07) is 5.67. The predicted molar refractivity (Wildman–Crippen MR) is 131 cm³/mol. The molecule has 1 aliphatic carbocycles. The lowest BCUT2D eigenvalue weighted by Gasteiger charge is -2.33. The number of carbonyl (C=O) groups excluding carboxylic acids is 1. The zero-order valence-corrected chi connectivity index (χ0v) is 20.2. The van der Waals surface area contributed by atoms with Gasteiger partial charge in [0, 0.05) is 49.7 Å². The van der Waals surface area contributed by atoms with Crippen LogP contribution in [0.15, 0.2) is 36.8 Å². The van der Waals surface area contributed by atoms with Crippen LogP contribution in [0.5, 0.6) is 0 Å². The molecule has 3 heterocycles. The summed E-state index contributed by atoms with van der Waals surface area (Å²) in [5, 5.41) is 24.8. The smallest absolute Gasteiger partial charge is 0.269 e. The van der Waals surface area contributed by atoms with Gasteiger partial charge in [-0.1, -0.05) is 19.8 Å². The van der Waals surface area contributed by atoms with Crippen LogP contribution in [0.25, 0.3) is 11.3 Å². The molecule has 3 aromatic rings. The minimum absolute atomic E-state index is 0.000233. The Balaban J connectivity index is 1.45. The van der Waals surface area contributed by atoms with Gasteiger partial charge in [0.2, 0.25) is 0 Å². The number of amides is 1. The SMILES string of the molecule is CCn1nccc1C(=O)NC(CNc1ccc(-c2c(CO)cnn2C)cn1)C1CCC(C)CC1. The van der Waals surface area contributed by atoms with Crippen molar-refractivity contribution in [3.05, 3.63) is 48.0 Å². The average Bonchev–Trinajstić information content (AvgIpc) is 3.49. The Labute approximate surface area is 200 Å². The molecule has 0 bridgehead atoms. The number of hydrogen-bond donors (Lipinski definition) is 3. The van der Waals surface area contributed by atoms with Gasteiger partial charge in [-0.3, -0.25) is 14.2 Å². The lowest BCUT2D eigenvalue weighted by Crippen LogP contribution is -2.46. The maximum absolute atomic E-state index is 13.0. The van der Waals surface area contributed by atoms with Gasteiger partial charge < -0.3 is 15.7 Å². The van der Waals surface area contributed by atoms with Crippen molar-refractivity contribution in [2.75, 3.05) is 11.9 Å². The van der Waals surface area contributed by atoms with E-state index in [2.05, 4.69) is 32.7 Å². The van der Waals surface area contributed by atoms with Crippen molar-refractivity contribution in [2.45, 2.75) is 58.7 Å². The molecule has 182 valence electrons. The van der Waals surface area contributed by atoms with Crippen LogP contribution in [0.2, 0.25) is 0 Å². The molecule has 34 heavy (non-hydrogen) atoms. The number of carbonyl (C=O) groups is 1. The van der Waals surface area contributed by atoms with Gasteiger partial charge in [0.15, 0.2) is 0 Å². The molecule has 0 radical (unpaired) electrons. The lowest BCUT2D eigenvalue weighted by molar-refractivity contribution is 0.0902. The van der Waals surface area contributed by atoms with E-state index < -0.39 is 0 Å². The number of hydrogen-bond acceptors (Lipinski definition) is 6.